The topological polar surface area (TPSA) is 14.8 Å². The Morgan fingerprint density at radius 1 is 0.532 bits per heavy atom. The first-order valence-electron chi connectivity index (χ1n) is 16.9. The van der Waals surface area contributed by atoms with Gasteiger partial charge < -0.3 is 13.7 Å². The number of hydrogen-bond acceptors (Lipinski definition) is 0. The highest BCUT2D eigenvalue weighted by atomic mass is 15.0. The lowest BCUT2D eigenvalue weighted by Gasteiger charge is -2.19. The first kappa shape index (κ1) is 26.7. The SMILES string of the molecule is CC1C=c2c(c3ccccc3n2-c2cc(-n3c4c(c5ccccc53)C(C)CC=C4)cc(-n3c4ccccc4c4ccccc43)c2)=CC1. The van der Waals surface area contributed by atoms with Gasteiger partial charge in [0.25, 0.3) is 0 Å². The summed E-state index contributed by atoms with van der Waals surface area (Å²) in [6, 6.07) is 42.7. The van der Waals surface area contributed by atoms with E-state index in [0.717, 1.165) is 18.5 Å². The molecule has 3 heteroatoms. The molecule has 5 aromatic carbocycles. The molecule has 2 atom stereocenters. The maximum absolute atomic E-state index is 2.51. The normalized spacial score (nSPS) is 17.2. The summed E-state index contributed by atoms with van der Waals surface area (Å²) in [6.07, 6.45) is 11.7. The predicted octanol–water partition coefficient (Wildman–Crippen LogP) is 9.79. The van der Waals surface area contributed by atoms with Gasteiger partial charge in [-0.15, -0.1) is 0 Å². The van der Waals surface area contributed by atoms with Crippen LogP contribution in [-0.2, 0) is 0 Å². The molecule has 0 amide bonds. The highest BCUT2D eigenvalue weighted by Gasteiger charge is 2.24. The van der Waals surface area contributed by atoms with E-state index >= 15 is 0 Å². The molecule has 0 spiro atoms. The molecule has 0 saturated carbocycles. The zero-order valence-corrected chi connectivity index (χ0v) is 26.7. The Bertz CT molecular complexity index is 2670. The van der Waals surface area contributed by atoms with E-state index in [0.29, 0.717) is 11.8 Å². The molecule has 0 N–H and O–H groups in total. The molecule has 226 valence electrons. The molecular weight excluding hydrogens is 571 g/mol. The summed E-state index contributed by atoms with van der Waals surface area (Å²) in [4.78, 5) is 0. The van der Waals surface area contributed by atoms with Gasteiger partial charge in [-0.2, -0.15) is 0 Å². The quantitative estimate of drug-likeness (QED) is 0.190. The molecule has 2 aliphatic rings. The van der Waals surface area contributed by atoms with E-state index in [1.165, 1.54) is 76.8 Å². The average molecular weight is 606 g/mol. The Labute approximate surface area is 273 Å². The van der Waals surface area contributed by atoms with E-state index in [2.05, 4.69) is 167 Å². The average Bonchev–Trinajstić information content (AvgIpc) is 3.74. The van der Waals surface area contributed by atoms with E-state index in [9.17, 15) is 0 Å². The van der Waals surface area contributed by atoms with Crippen LogP contribution in [0.4, 0.5) is 0 Å². The number of benzene rings is 5. The minimum atomic E-state index is 0.466. The molecule has 2 unspecified atom stereocenters. The third kappa shape index (κ3) is 3.80. The van der Waals surface area contributed by atoms with Crippen molar-refractivity contribution < 1.29 is 0 Å². The van der Waals surface area contributed by atoms with Crippen molar-refractivity contribution >= 4 is 61.8 Å². The molecule has 0 bridgehead atoms. The maximum atomic E-state index is 2.51. The van der Waals surface area contributed by atoms with Crippen LogP contribution in [0.3, 0.4) is 0 Å². The number of rotatable bonds is 3. The van der Waals surface area contributed by atoms with Gasteiger partial charge >= 0.3 is 0 Å². The summed E-state index contributed by atoms with van der Waals surface area (Å²) in [5.41, 5.74) is 11.2. The van der Waals surface area contributed by atoms with Crippen LogP contribution < -0.4 is 10.6 Å². The fourth-order valence-electron chi connectivity index (χ4n) is 8.50. The molecule has 10 rings (SSSR count). The van der Waals surface area contributed by atoms with Gasteiger partial charge in [0.2, 0.25) is 0 Å². The zero-order valence-electron chi connectivity index (χ0n) is 26.7. The minimum absolute atomic E-state index is 0.466. The van der Waals surface area contributed by atoms with Crippen molar-refractivity contribution in [2.75, 3.05) is 0 Å². The van der Waals surface area contributed by atoms with Gasteiger partial charge in [0.05, 0.1) is 44.5 Å². The monoisotopic (exact) mass is 605 g/mol. The van der Waals surface area contributed by atoms with Crippen LogP contribution in [0.5, 0.6) is 0 Å². The second kappa shape index (κ2) is 9.98. The van der Waals surface area contributed by atoms with Crippen molar-refractivity contribution in [3.63, 3.8) is 0 Å². The smallest absolute Gasteiger partial charge is 0.0541 e. The van der Waals surface area contributed by atoms with Crippen molar-refractivity contribution in [3.05, 3.63) is 143 Å². The summed E-state index contributed by atoms with van der Waals surface area (Å²) in [5, 5.41) is 7.86. The van der Waals surface area contributed by atoms with Crippen molar-refractivity contribution in [2.45, 2.75) is 32.6 Å². The number of nitrogens with zero attached hydrogens (tertiary/aromatic N) is 3. The van der Waals surface area contributed by atoms with Gasteiger partial charge in [0, 0.05) is 32.5 Å². The lowest BCUT2D eigenvalue weighted by atomic mass is 9.91. The van der Waals surface area contributed by atoms with Gasteiger partial charge in [-0.3, -0.25) is 0 Å². The molecule has 47 heavy (non-hydrogen) atoms. The van der Waals surface area contributed by atoms with Gasteiger partial charge in [0.15, 0.2) is 0 Å². The number of allylic oxidation sites excluding steroid dienone is 1. The van der Waals surface area contributed by atoms with Crippen molar-refractivity contribution in [1.82, 2.24) is 13.7 Å². The largest absolute Gasteiger partial charge is 0.309 e. The van der Waals surface area contributed by atoms with Crippen LogP contribution in [0, 0.1) is 5.92 Å². The molecule has 3 aromatic heterocycles. The predicted molar refractivity (Wildman–Crippen MR) is 198 cm³/mol. The third-order valence-electron chi connectivity index (χ3n) is 10.5. The summed E-state index contributed by atoms with van der Waals surface area (Å²) < 4.78 is 7.48. The molecule has 8 aromatic rings. The Hall–Kier alpha value is -5.54. The van der Waals surface area contributed by atoms with Crippen LogP contribution in [-0.4, -0.2) is 13.7 Å². The highest BCUT2D eigenvalue weighted by molar-refractivity contribution is 6.09. The summed E-state index contributed by atoms with van der Waals surface area (Å²) in [5.74, 6) is 0.950. The molecule has 0 aliphatic heterocycles. The van der Waals surface area contributed by atoms with Crippen LogP contribution in [0.1, 0.15) is 43.9 Å². The maximum Gasteiger partial charge on any atom is 0.0541 e. The van der Waals surface area contributed by atoms with E-state index in [-0.39, 0.29) is 0 Å². The molecule has 2 aliphatic carbocycles. The molecule has 0 fully saturated rings. The lowest BCUT2D eigenvalue weighted by molar-refractivity contribution is 0.772. The van der Waals surface area contributed by atoms with Gasteiger partial charge in [-0.1, -0.05) is 105 Å². The molecule has 3 nitrogen and oxygen atoms in total. The van der Waals surface area contributed by atoms with Crippen LogP contribution in [0.2, 0.25) is 0 Å². The van der Waals surface area contributed by atoms with E-state index in [1.807, 2.05) is 0 Å². The van der Waals surface area contributed by atoms with Crippen molar-refractivity contribution in [2.24, 2.45) is 5.92 Å². The third-order valence-corrected chi connectivity index (χ3v) is 10.5. The Morgan fingerprint density at radius 3 is 1.70 bits per heavy atom. The number of hydrogen-bond donors (Lipinski definition) is 0. The lowest BCUT2D eigenvalue weighted by Crippen LogP contribution is -2.32. The summed E-state index contributed by atoms with van der Waals surface area (Å²) in [7, 11) is 0. The van der Waals surface area contributed by atoms with Crippen LogP contribution in [0.15, 0.2) is 121 Å². The van der Waals surface area contributed by atoms with Gasteiger partial charge in [-0.25, -0.2) is 0 Å². The van der Waals surface area contributed by atoms with Crippen molar-refractivity contribution in [3.8, 4) is 17.1 Å². The molecular formula is C44H35N3. The highest BCUT2D eigenvalue weighted by Crippen LogP contribution is 2.41. The Kier molecular flexibility index (Phi) is 5.66. The zero-order chi connectivity index (χ0) is 31.2. The Balaban J connectivity index is 1.37. The second-order valence-electron chi connectivity index (χ2n) is 13.5. The van der Waals surface area contributed by atoms with Crippen LogP contribution >= 0.6 is 0 Å². The van der Waals surface area contributed by atoms with E-state index in [1.54, 1.807) is 0 Å². The van der Waals surface area contributed by atoms with E-state index < -0.39 is 0 Å². The molecule has 0 radical (unpaired) electrons. The minimum Gasteiger partial charge on any atom is -0.309 e. The standard InChI is InChI=1S/C44H35N3/c1-28-22-23-36-35-15-5-9-19-40(35)47(43(36)24-28)32-26-30(45-38-17-7-3-13-33(38)34-14-4-8-18-39(34)45)25-31(27-32)46-41-20-10-6-16-37(41)44-29(2)12-11-21-42(44)46/h3-11,13-21,23-29H,12,22H2,1-2H3. The fourth-order valence-corrected chi connectivity index (χ4v) is 8.50. The van der Waals surface area contributed by atoms with Crippen LogP contribution in [0.25, 0.3) is 78.9 Å². The van der Waals surface area contributed by atoms with Crippen molar-refractivity contribution in [1.29, 1.82) is 0 Å². The number of aromatic nitrogens is 3. The number of para-hydroxylation sites is 4. The number of fused-ring (bicyclic) bond motifs is 9. The van der Waals surface area contributed by atoms with Gasteiger partial charge in [-0.05, 0) is 78.8 Å². The molecule has 0 saturated heterocycles. The second-order valence-corrected chi connectivity index (χ2v) is 13.5. The summed E-state index contributed by atoms with van der Waals surface area (Å²) in [6.45, 7) is 4.69. The summed E-state index contributed by atoms with van der Waals surface area (Å²) >= 11 is 0. The molecule has 3 heterocycles. The Morgan fingerprint density at radius 2 is 1.04 bits per heavy atom. The first-order valence-corrected chi connectivity index (χ1v) is 16.9. The van der Waals surface area contributed by atoms with E-state index in [4.69, 9.17) is 0 Å². The van der Waals surface area contributed by atoms with Gasteiger partial charge in [0.1, 0.15) is 0 Å². The fraction of sp³-hybridized carbons (Fsp3) is 0.136. The first-order chi connectivity index (χ1) is 23.2.